The summed E-state index contributed by atoms with van der Waals surface area (Å²) in [5, 5.41) is 5.44. The van der Waals surface area contributed by atoms with E-state index < -0.39 is 41.4 Å². The summed E-state index contributed by atoms with van der Waals surface area (Å²) in [6.07, 6.45) is 1.63. The lowest BCUT2D eigenvalue weighted by atomic mass is 9.94. The van der Waals surface area contributed by atoms with Crippen molar-refractivity contribution in [3.8, 4) is 0 Å². The number of amidine groups is 1. The zero-order valence-corrected chi connectivity index (χ0v) is 26.2. The first-order valence-corrected chi connectivity index (χ1v) is 15.2. The number of carbonyl (C=O) groups is 3. The van der Waals surface area contributed by atoms with Crippen LogP contribution in [0.5, 0.6) is 0 Å². The molecule has 230 valence electrons. The van der Waals surface area contributed by atoms with E-state index in [1.165, 1.54) is 30.6 Å². The number of urea groups is 1. The fourth-order valence-corrected chi connectivity index (χ4v) is 6.57. The molecule has 3 aliphatic rings. The Kier molecular flexibility index (Phi) is 8.77. The minimum absolute atomic E-state index is 0.0792. The summed E-state index contributed by atoms with van der Waals surface area (Å²) in [5.74, 6) is -1.43. The molecule has 1 N–H and O–H groups in total. The first kappa shape index (κ1) is 30.9. The van der Waals surface area contributed by atoms with Gasteiger partial charge in [-0.2, -0.15) is 0 Å². The molecule has 0 radical (unpaired) electrons. The van der Waals surface area contributed by atoms with E-state index >= 15 is 0 Å². The molecule has 2 fully saturated rings. The number of halogens is 2. The van der Waals surface area contributed by atoms with E-state index in [9.17, 15) is 18.8 Å². The average molecular weight is 633 g/mol. The number of methoxy groups -OCH3 is 1. The molecule has 2 saturated heterocycles. The van der Waals surface area contributed by atoms with Gasteiger partial charge in [0.05, 0.1) is 30.4 Å². The molecule has 3 unspecified atom stereocenters. The maximum absolute atomic E-state index is 14.7. The summed E-state index contributed by atoms with van der Waals surface area (Å²) in [6, 6.07) is 1.92. The molecule has 0 bridgehead atoms. The molecule has 43 heavy (non-hydrogen) atoms. The monoisotopic (exact) mass is 632 g/mol. The zero-order valence-electron chi connectivity index (χ0n) is 24.6. The zero-order chi connectivity index (χ0) is 31.1. The summed E-state index contributed by atoms with van der Waals surface area (Å²) in [6.45, 7) is 8.76. The molecule has 3 atom stereocenters. The van der Waals surface area contributed by atoms with Crippen LogP contribution in [0.2, 0.25) is 5.02 Å². The molecule has 11 nitrogen and oxygen atoms in total. The molecule has 3 aliphatic heterocycles. The number of amides is 2. The number of aliphatic imine (C=N–C) groups is 1. The van der Waals surface area contributed by atoms with Crippen molar-refractivity contribution in [1.82, 2.24) is 25.0 Å². The minimum Gasteiger partial charge on any atom is -0.468 e. The molecular formula is C29H34ClFN6O5S. The van der Waals surface area contributed by atoms with Crippen LogP contribution in [0.3, 0.4) is 0 Å². The standard InChI is InChI=1S/C29H34ClFN6O5S/c1-6-42-26(38)20-18(33-24(25-32-10-13-43-25)34-22(20)16-8-7-9-17(31)21(16)30)14-35-11-12-36-19(23(35)27(39)41-5)15-37(28(36)40)29(2,3)4/h7-10,13,19,22-23H,6,11-12,14-15H2,1-5H3,(H,33,34). The second-order valence-electron chi connectivity index (χ2n) is 11.4. The van der Waals surface area contributed by atoms with Gasteiger partial charge in [0.25, 0.3) is 0 Å². The van der Waals surface area contributed by atoms with E-state index in [4.69, 9.17) is 26.1 Å². The fraction of sp³-hybridized carbons (Fsp3) is 0.483. The van der Waals surface area contributed by atoms with E-state index in [-0.39, 0.29) is 35.3 Å². The normalized spacial score (nSPS) is 22.7. The number of hydrogen-bond donors (Lipinski definition) is 1. The number of esters is 2. The van der Waals surface area contributed by atoms with Crippen LogP contribution in [0, 0.1) is 5.82 Å². The van der Waals surface area contributed by atoms with Crippen molar-refractivity contribution in [3.05, 3.63) is 62.5 Å². The van der Waals surface area contributed by atoms with E-state index in [0.29, 0.717) is 36.2 Å². The summed E-state index contributed by atoms with van der Waals surface area (Å²) in [5.41, 5.74) is 0.387. The Hall–Kier alpha value is -3.55. The van der Waals surface area contributed by atoms with Gasteiger partial charge in [-0.05, 0) is 33.8 Å². The van der Waals surface area contributed by atoms with Gasteiger partial charge in [0, 0.05) is 54.6 Å². The van der Waals surface area contributed by atoms with E-state index in [1.54, 1.807) is 34.4 Å². The fourth-order valence-electron chi connectivity index (χ4n) is 5.75. The van der Waals surface area contributed by atoms with Crippen molar-refractivity contribution < 1.29 is 28.2 Å². The summed E-state index contributed by atoms with van der Waals surface area (Å²) in [4.78, 5) is 54.7. The first-order valence-electron chi connectivity index (χ1n) is 13.9. The number of thiazole rings is 1. The molecule has 0 spiro atoms. The maximum Gasteiger partial charge on any atom is 0.338 e. The number of hydrogen-bond acceptors (Lipinski definition) is 10. The van der Waals surface area contributed by atoms with Crippen LogP contribution in [0.4, 0.5) is 9.18 Å². The molecule has 0 aliphatic carbocycles. The lowest BCUT2D eigenvalue weighted by Crippen LogP contribution is -2.62. The first-order chi connectivity index (χ1) is 20.5. The van der Waals surface area contributed by atoms with Gasteiger partial charge in [-0.1, -0.05) is 23.7 Å². The number of piperazine rings is 1. The maximum atomic E-state index is 14.7. The quantitative estimate of drug-likeness (QED) is 0.461. The largest absolute Gasteiger partial charge is 0.468 e. The Morgan fingerprint density at radius 2 is 2.02 bits per heavy atom. The Bertz CT molecular complexity index is 1480. The number of rotatable bonds is 7. The third-order valence-corrected chi connectivity index (χ3v) is 8.96. The van der Waals surface area contributed by atoms with Crippen LogP contribution in [-0.2, 0) is 19.1 Å². The Morgan fingerprint density at radius 1 is 1.26 bits per heavy atom. The van der Waals surface area contributed by atoms with Gasteiger partial charge >= 0.3 is 18.0 Å². The van der Waals surface area contributed by atoms with Crippen LogP contribution in [0.25, 0.3) is 0 Å². The molecule has 14 heteroatoms. The molecule has 0 saturated carbocycles. The highest BCUT2D eigenvalue weighted by Gasteiger charge is 2.52. The van der Waals surface area contributed by atoms with Crippen molar-refractivity contribution >= 4 is 46.7 Å². The highest BCUT2D eigenvalue weighted by atomic mass is 35.5. The van der Waals surface area contributed by atoms with Crippen molar-refractivity contribution in [2.75, 3.05) is 39.9 Å². The summed E-state index contributed by atoms with van der Waals surface area (Å²) in [7, 11) is 1.31. The molecule has 2 aromatic rings. The van der Waals surface area contributed by atoms with Crippen LogP contribution >= 0.6 is 22.9 Å². The van der Waals surface area contributed by atoms with Gasteiger partial charge in [0.15, 0.2) is 10.8 Å². The number of ether oxygens (including phenoxy) is 2. The second-order valence-corrected chi connectivity index (χ2v) is 12.6. The molecule has 2 amide bonds. The van der Waals surface area contributed by atoms with Crippen LogP contribution in [0.15, 0.2) is 46.0 Å². The van der Waals surface area contributed by atoms with Crippen LogP contribution in [-0.4, -0.2) is 101 Å². The van der Waals surface area contributed by atoms with Gasteiger partial charge in [0.1, 0.15) is 17.9 Å². The summed E-state index contributed by atoms with van der Waals surface area (Å²) < 4.78 is 25.3. The number of fused-ring (bicyclic) bond motifs is 1. The highest BCUT2D eigenvalue weighted by Crippen LogP contribution is 2.38. The highest BCUT2D eigenvalue weighted by molar-refractivity contribution is 7.11. The molecule has 5 rings (SSSR count). The number of benzene rings is 1. The molecule has 4 heterocycles. The molecular weight excluding hydrogens is 599 g/mol. The van der Waals surface area contributed by atoms with Crippen LogP contribution < -0.4 is 5.32 Å². The third-order valence-electron chi connectivity index (χ3n) is 7.78. The van der Waals surface area contributed by atoms with Crippen molar-refractivity contribution in [2.45, 2.75) is 51.4 Å². The SMILES string of the molecule is CCOC(=O)C1=C(CN2CCN3C(=O)N(C(C)(C)C)CC3C2C(=O)OC)NC(c2nccs2)=NC1c1cccc(F)c1Cl. The lowest BCUT2D eigenvalue weighted by molar-refractivity contribution is -0.150. The minimum atomic E-state index is -1.01. The van der Waals surface area contributed by atoms with Crippen molar-refractivity contribution in [3.63, 3.8) is 0 Å². The number of nitrogens with one attached hydrogen (secondary N) is 1. The van der Waals surface area contributed by atoms with E-state index in [0.717, 1.165) is 0 Å². The van der Waals surface area contributed by atoms with Gasteiger partial charge in [-0.15, -0.1) is 11.3 Å². The smallest absolute Gasteiger partial charge is 0.338 e. The predicted octanol–water partition coefficient (Wildman–Crippen LogP) is 3.61. The second kappa shape index (κ2) is 12.2. The van der Waals surface area contributed by atoms with Gasteiger partial charge < -0.3 is 24.6 Å². The van der Waals surface area contributed by atoms with Gasteiger partial charge in [0.2, 0.25) is 0 Å². The molecule has 1 aromatic carbocycles. The van der Waals surface area contributed by atoms with Crippen molar-refractivity contribution in [1.29, 1.82) is 0 Å². The number of aromatic nitrogens is 1. The predicted molar refractivity (Wildman–Crippen MR) is 159 cm³/mol. The Labute approximate surface area is 258 Å². The van der Waals surface area contributed by atoms with Gasteiger partial charge in [-0.3, -0.25) is 14.7 Å². The van der Waals surface area contributed by atoms with E-state index in [1.807, 2.05) is 25.7 Å². The lowest BCUT2D eigenvalue weighted by Gasteiger charge is -2.43. The Balaban J connectivity index is 1.60. The topological polar surface area (TPSA) is 117 Å². The Morgan fingerprint density at radius 3 is 2.67 bits per heavy atom. The van der Waals surface area contributed by atoms with E-state index in [2.05, 4.69) is 10.3 Å². The van der Waals surface area contributed by atoms with Gasteiger partial charge in [-0.25, -0.2) is 19.0 Å². The average Bonchev–Trinajstić information content (AvgIpc) is 3.62. The summed E-state index contributed by atoms with van der Waals surface area (Å²) >= 11 is 7.77. The third kappa shape index (κ3) is 5.85. The molecule has 1 aromatic heterocycles. The van der Waals surface area contributed by atoms with Crippen LogP contribution in [0.1, 0.15) is 44.3 Å². The number of carbonyl (C=O) groups excluding carboxylic acids is 3. The van der Waals surface area contributed by atoms with Crippen molar-refractivity contribution in [2.24, 2.45) is 4.99 Å². The number of nitrogens with zero attached hydrogens (tertiary/aromatic N) is 5.